The molecule has 0 spiro atoms. The number of amides is 11. The predicted octanol–water partition coefficient (Wildman–Crippen LogP) is -4.24. The van der Waals surface area contributed by atoms with E-state index >= 15 is 0 Å². The number of carboxylic acids is 1. The molecule has 23 N–H and O–H groups in total. The Morgan fingerprint density at radius 3 is 1.66 bits per heavy atom. The van der Waals surface area contributed by atoms with Gasteiger partial charge in [-0.25, -0.2) is 4.68 Å². The molecule has 1 saturated heterocycles. The lowest BCUT2D eigenvalue weighted by Crippen LogP contribution is -2.58. The van der Waals surface area contributed by atoms with Crippen molar-refractivity contribution in [3.8, 4) is 0 Å². The highest BCUT2D eigenvalue weighted by Gasteiger charge is 2.36. The first kappa shape index (κ1) is 106. The number of carboxylic acid groups (broad SMARTS) is 1. The normalized spacial score (nSPS) is 16.7. The third kappa shape index (κ3) is 46.8. The molecule has 1 fully saturated rings. The summed E-state index contributed by atoms with van der Waals surface area (Å²) in [4.78, 5) is 170. The van der Waals surface area contributed by atoms with Crippen LogP contribution in [0.4, 0.5) is 0 Å². The van der Waals surface area contributed by atoms with Crippen LogP contribution < -0.4 is 92.5 Å². The summed E-state index contributed by atoms with van der Waals surface area (Å²) in [6, 6.07) is 1.88. The van der Waals surface area contributed by atoms with Gasteiger partial charge in [0.1, 0.15) is 42.3 Å². The van der Waals surface area contributed by atoms with Crippen LogP contribution in [0.15, 0.2) is 69.3 Å². The fourth-order valence-electron chi connectivity index (χ4n) is 12.2. The molecule has 0 unspecified atom stereocenters. The van der Waals surface area contributed by atoms with E-state index in [-0.39, 0.29) is 140 Å². The molecule has 1 aliphatic heterocycles. The molecule has 44 heteroatoms. The molecule has 124 heavy (non-hydrogen) atoms. The van der Waals surface area contributed by atoms with Crippen LogP contribution in [0.3, 0.4) is 0 Å². The van der Waals surface area contributed by atoms with Gasteiger partial charge in [0.25, 0.3) is 5.91 Å². The van der Waals surface area contributed by atoms with Crippen LogP contribution in [-0.2, 0) is 110 Å². The number of hydrogen-bond donors (Lipinski definition) is 18. The van der Waals surface area contributed by atoms with E-state index < -0.39 is 151 Å². The Morgan fingerprint density at radius 2 is 1.10 bits per heavy atom. The number of ether oxygens (including phenoxy) is 8. The van der Waals surface area contributed by atoms with Gasteiger partial charge in [0.2, 0.25) is 59.1 Å². The minimum atomic E-state index is -1.57. The second-order valence-electron chi connectivity index (χ2n) is 30.1. The molecule has 3 aromatic rings. The SMILES string of the molecule is CC[C@H](C)[C@H](NC(=O)[C@H](CC(C)C)NC(=O)c1ccco1)C(=O)NCC(=O)N[C@@H](CCCN=C(N)N)C(=O)N[C@@H](CC(C)C)C(=O)N[C@@H](CCCN)C(=O)NCCOCCOCCOCCOCCOCCOCCOCCOCCn1cc(C[C@H]2CN[C@@H](CCCN=C(N)N)C(=O)NCC(=O)N[C@@H](CC(=O)O)C(=O)N[C@H](Cc3ccccc3)C(=O)N2)nn1. The van der Waals surface area contributed by atoms with Crippen LogP contribution in [-0.4, -0.2) is 309 Å². The summed E-state index contributed by atoms with van der Waals surface area (Å²) in [7, 11) is 0. The number of rotatable bonds is 63. The average molecular weight is 1760 g/mol. The molecular weight excluding hydrogens is 1620 g/mol. The Kier molecular flexibility index (Phi) is 53.3. The van der Waals surface area contributed by atoms with E-state index in [0.29, 0.717) is 116 Å². The number of hydrogen-bond acceptors (Lipinski definition) is 27. The molecule has 1 aromatic carbocycles. The van der Waals surface area contributed by atoms with Crippen molar-refractivity contribution in [2.45, 2.75) is 180 Å². The zero-order valence-electron chi connectivity index (χ0n) is 72.2. The second-order valence-corrected chi connectivity index (χ2v) is 30.1. The maximum atomic E-state index is 14.2. The topological polar surface area (TPSA) is 642 Å². The first-order valence-corrected chi connectivity index (χ1v) is 42.1. The molecule has 0 aliphatic carbocycles. The summed E-state index contributed by atoms with van der Waals surface area (Å²) in [5.74, 6) is -9.68. The largest absolute Gasteiger partial charge is 0.481 e. The van der Waals surface area contributed by atoms with Gasteiger partial charge in [-0.15, -0.1) is 5.10 Å². The number of benzene rings is 1. The minimum absolute atomic E-state index is 0.00785. The van der Waals surface area contributed by atoms with E-state index in [2.05, 4.69) is 84.1 Å². The van der Waals surface area contributed by atoms with Gasteiger partial charge < -0.3 is 140 Å². The highest BCUT2D eigenvalue weighted by Crippen LogP contribution is 2.15. The number of aliphatic carboxylic acids is 1. The van der Waals surface area contributed by atoms with Crippen molar-refractivity contribution < 1.29 is 105 Å². The smallest absolute Gasteiger partial charge is 0.305 e. The summed E-state index contributed by atoms with van der Waals surface area (Å²) in [6.45, 7) is 15.8. The Balaban J connectivity index is 1.07. The summed E-state index contributed by atoms with van der Waals surface area (Å²) < 4.78 is 51.8. The number of nitrogens with two attached hydrogens (primary N) is 5. The molecule has 4 rings (SSSR count). The van der Waals surface area contributed by atoms with Crippen LogP contribution in [0.25, 0.3) is 0 Å². The van der Waals surface area contributed by atoms with E-state index in [1.54, 1.807) is 48.1 Å². The lowest BCUT2D eigenvalue weighted by atomic mass is 9.96. The van der Waals surface area contributed by atoms with E-state index in [1.165, 1.54) is 18.4 Å². The summed E-state index contributed by atoms with van der Waals surface area (Å²) in [5.41, 5.74) is 29.1. The monoisotopic (exact) mass is 1760 g/mol. The third-order valence-corrected chi connectivity index (χ3v) is 18.8. The summed E-state index contributed by atoms with van der Waals surface area (Å²) >= 11 is 0. The molecule has 0 bridgehead atoms. The lowest BCUT2D eigenvalue weighted by molar-refractivity contribution is -0.141. The number of nitrogens with one attached hydrogen (secondary N) is 12. The molecule has 0 radical (unpaired) electrons. The van der Waals surface area contributed by atoms with Crippen LogP contribution in [0.1, 0.15) is 128 Å². The van der Waals surface area contributed by atoms with E-state index in [4.69, 9.17) is 71.0 Å². The highest BCUT2D eigenvalue weighted by molar-refractivity contribution is 5.99. The van der Waals surface area contributed by atoms with Crippen LogP contribution in [0, 0.1) is 17.8 Å². The van der Waals surface area contributed by atoms with Gasteiger partial charge >= 0.3 is 5.97 Å². The van der Waals surface area contributed by atoms with Gasteiger partial charge in [0, 0.05) is 51.3 Å². The van der Waals surface area contributed by atoms with Gasteiger partial charge in [0.05, 0.1) is 150 Å². The number of aromatic nitrogens is 3. The number of aliphatic imine (C=N–C) groups is 2. The molecule has 44 nitrogen and oxygen atoms in total. The van der Waals surface area contributed by atoms with E-state index in [0.717, 1.165) is 0 Å². The molecule has 0 saturated carbocycles. The maximum absolute atomic E-state index is 14.2. The molecule has 11 amide bonds. The van der Waals surface area contributed by atoms with Crippen molar-refractivity contribution >= 4 is 82.9 Å². The Bertz CT molecular complexity index is 3700. The molecule has 2 aromatic heterocycles. The first-order chi connectivity index (χ1) is 59.5. The number of carbonyl (C=O) groups is 12. The van der Waals surface area contributed by atoms with Gasteiger partial charge in [0.15, 0.2) is 17.7 Å². The quantitative estimate of drug-likeness (QED) is 0.0145. The zero-order chi connectivity index (χ0) is 90.8. The van der Waals surface area contributed by atoms with Crippen LogP contribution >= 0.6 is 0 Å². The van der Waals surface area contributed by atoms with E-state index in [9.17, 15) is 62.6 Å². The summed E-state index contributed by atoms with van der Waals surface area (Å²) in [5, 5.41) is 50.8. The Labute approximate surface area is 723 Å². The maximum Gasteiger partial charge on any atom is 0.305 e. The van der Waals surface area contributed by atoms with Crippen LogP contribution in [0.2, 0.25) is 0 Å². The molecule has 1 aliphatic rings. The van der Waals surface area contributed by atoms with Crippen molar-refractivity contribution in [3.05, 3.63) is 71.9 Å². The second kappa shape index (κ2) is 62.5. The first-order valence-electron chi connectivity index (χ1n) is 42.1. The van der Waals surface area contributed by atoms with E-state index in [1.807, 2.05) is 34.6 Å². The van der Waals surface area contributed by atoms with Gasteiger partial charge in [-0.3, -0.25) is 67.5 Å². The highest BCUT2D eigenvalue weighted by atomic mass is 16.6. The number of guanidine groups is 2. The minimum Gasteiger partial charge on any atom is -0.481 e. The lowest BCUT2D eigenvalue weighted by Gasteiger charge is -2.27. The van der Waals surface area contributed by atoms with Crippen molar-refractivity contribution in [2.24, 2.45) is 56.4 Å². The average Bonchev–Trinajstić information content (AvgIpc) is 1.24. The zero-order valence-corrected chi connectivity index (χ0v) is 72.2. The number of carbonyl (C=O) groups excluding carboxylic acids is 11. The van der Waals surface area contributed by atoms with Crippen molar-refractivity contribution in [2.75, 3.05) is 152 Å². The molecule has 3 heterocycles. The Hall–Kier alpha value is -10.6. The summed E-state index contributed by atoms with van der Waals surface area (Å²) in [6.07, 6.45) is 4.63. The third-order valence-electron chi connectivity index (χ3n) is 18.8. The molecule has 10 atom stereocenters. The van der Waals surface area contributed by atoms with Crippen molar-refractivity contribution in [3.63, 3.8) is 0 Å². The van der Waals surface area contributed by atoms with Gasteiger partial charge in [-0.05, 0) is 93.4 Å². The standard InChI is InChI=1S/C80H134N22O22/c1-7-54(6)69(99-76(113)62(44-53(4)5)98-77(114)65-20-14-26-124-65)78(115)91-50-66(103)93-60(19-13-23-88-80(84)85)72(109)96-61(43-52(2)3)74(111)95-59(17-11-21-81)71(108)86-24-27-116-29-31-118-33-35-120-37-39-122-41-42-123-40-38-121-36-34-119-32-30-117-28-25-102-51-57(100-101-102)46-56-48-89-58(18-12-22-87-79(82)83)70(107)90-49-67(104)94-64(47-68(105)106)75(112)97-63(73(110)92-56)45-55-15-9-8-10-16-55/h8-10,14-16,20,26,51-54,56,58-64,69,89H,7,11-13,17-19,21-25,27-50,81H2,1-6H3,(H,86,108)(H,90,107)(H,91,115)(H,92,110)(H,93,103)(H,94,104)(H,95,111)(H,96,109)(H,97,112)(H,98,114)(H,99,113)(H,105,106)(H4,82,83,87)(H4,84,85,88)/t54-,56-,58-,59-,60-,61-,62-,63+,64-,69-/m0/s1. The number of nitrogens with zero attached hydrogens (tertiary/aromatic N) is 5. The van der Waals surface area contributed by atoms with Crippen molar-refractivity contribution in [1.82, 2.24) is 78.8 Å². The predicted molar refractivity (Wildman–Crippen MR) is 453 cm³/mol. The Morgan fingerprint density at radius 1 is 0.573 bits per heavy atom. The fourth-order valence-corrected chi connectivity index (χ4v) is 12.2. The van der Waals surface area contributed by atoms with Crippen LogP contribution in [0.5, 0.6) is 0 Å². The number of furan rings is 1. The van der Waals surface area contributed by atoms with Gasteiger partial charge in [-0.2, -0.15) is 0 Å². The molecule has 696 valence electrons. The van der Waals surface area contributed by atoms with Crippen molar-refractivity contribution in [1.29, 1.82) is 0 Å². The molecular formula is C80H134N22O22. The fraction of sp³-hybridized carbons (Fsp3) is 0.675. The van der Waals surface area contributed by atoms with Gasteiger partial charge in [-0.1, -0.05) is 83.5 Å².